The van der Waals surface area contributed by atoms with Crippen molar-refractivity contribution in [3.05, 3.63) is 70.5 Å². The van der Waals surface area contributed by atoms with Crippen molar-refractivity contribution in [1.29, 1.82) is 5.26 Å². The summed E-state index contributed by atoms with van der Waals surface area (Å²) in [6, 6.07) is 19.8. The largest absolute Gasteiger partial charge is 0.377 e. The molecule has 4 heteroatoms. The fourth-order valence-corrected chi connectivity index (χ4v) is 2.78. The van der Waals surface area contributed by atoms with Crippen molar-refractivity contribution in [2.45, 2.75) is 6.54 Å². The molecule has 3 aromatic rings. The van der Waals surface area contributed by atoms with Crippen LogP contribution in [0.25, 0.3) is 11.3 Å². The first kappa shape index (κ1) is 13.3. The van der Waals surface area contributed by atoms with Crippen LogP contribution in [-0.4, -0.2) is 4.98 Å². The molecule has 0 amide bonds. The average molecular weight is 291 g/mol. The monoisotopic (exact) mass is 291 g/mol. The topological polar surface area (TPSA) is 48.7 Å². The zero-order valence-electron chi connectivity index (χ0n) is 11.3. The molecule has 0 aliphatic carbocycles. The van der Waals surface area contributed by atoms with E-state index in [9.17, 15) is 0 Å². The molecule has 0 aliphatic rings. The van der Waals surface area contributed by atoms with Crippen molar-refractivity contribution in [3.63, 3.8) is 0 Å². The lowest BCUT2D eigenvalue weighted by atomic mass is 10.2. The number of nitriles is 1. The van der Waals surface area contributed by atoms with Crippen LogP contribution in [0.2, 0.25) is 0 Å². The second-order valence-corrected chi connectivity index (χ2v) is 5.45. The Labute approximate surface area is 127 Å². The summed E-state index contributed by atoms with van der Waals surface area (Å²) < 4.78 is 0. The molecule has 0 spiro atoms. The van der Waals surface area contributed by atoms with Gasteiger partial charge in [-0.05, 0) is 12.1 Å². The number of nitrogens with one attached hydrogen (secondary N) is 1. The minimum Gasteiger partial charge on any atom is -0.377 e. The van der Waals surface area contributed by atoms with Gasteiger partial charge in [-0.15, -0.1) is 11.3 Å². The summed E-state index contributed by atoms with van der Waals surface area (Å²) in [5.74, 6) is 0. The van der Waals surface area contributed by atoms with Gasteiger partial charge in [-0.3, -0.25) is 0 Å². The molecule has 0 saturated carbocycles. The Morgan fingerprint density at radius 3 is 2.62 bits per heavy atom. The maximum absolute atomic E-state index is 9.07. The van der Waals surface area contributed by atoms with E-state index in [2.05, 4.69) is 33.9 Å². The van der Waals surface area contributed by atoms with Crippen LogP contribution in [-0.2, 0) is 6.54 Å². The molecule has 0 saturated heterocycles. The minimum absolute atomic E-state index is 0.621. The first-order valence-corrected chi connectivity index (χ1v) is 7.47. The second kappa shape index (κ2) is 6.21. The van der Waals surface area contributed by atoms with Crippen molar-refractivity contribution >= 4 is 17.0 Å². The van der Waals surface area contributed by atoms with Gasteiger partial charge in [0.05, 0.1) is 23.5 Å². The van der Waals surface area contributed by atoms with Gasteiger partial charge >= 0.3 is 0 Å². The molecule has 0 aliphatic heterocycles. The number of benzene rings is 2. The molecule has 1 N–H and O–H groups in total. The van der Waals surface area contributed by atoms with Crippen LogP contribution in [0.4, 0.5) is 5.69 Å². The van der Waals surface area contributed by atoms with Crippen molar-refractivity contribution in [2.24, 2.45) is 0 Å². The number of thiazole rings is 1. The second-order valence-electron chi connectivity index (χ2n) is 4.50. The van der Waals surface area contributed by atoms with Crippen LogP contribution < -0.4 is 5.32 Å². The Hall–Kier alpha value is -2.64. The van der Waals surface area contributed by atoms with Gasteiger partial charge in [-0.1, -0.05) is 42.5 Å². The molecule has 2 aromatic carbocycles. The van der Waals surface area contributed by atoms with Gasteiger partial charge in [0, 0.05) is 10.9 Å². The quantitative estimate of drug-likeness (QED) is 0.780. The first-order valence-electron chi connectivity index (χ1n) is 6.59. The van der Waals surface area contributed by atoms with E-state index in [1.54, 1.807) is 17.4 Å². The summed E-state index contributed by atoms with van der Waals surface area (Å²) in [5, 5.41) is 15.4. The molecule has 0 bridgehead atoms. The smallest absolute Gasteiger partial charge is 0.112 e. The highest BCUT2D eigenvalue weighted by Crippen LogP contribution is 2.22. The maximum Gasteiger partial charge on any atom is 0.112 e. The number of anilines is 1. The Kier molecular flexibility index (Phi) is 3.95. The lowest BCUT2D eigenvalue weighted by Crippen LogP contribution is -2.00. The SMILES string of the molecule is N#Cc1ccccc1NCc1nc(-c2ccccc2)cs1. The normalized spacial score (nSPS) is 10.0. The van der Waals surface area contributed by atoms with Gasteiger partial charge in [0.25, 0.3) is 0 Å². The van der Waals surface area contributed by atoms with Crippen LogP contribution in [0.5, 0.6) is 0 Å². The molecular weight excluding hydrogens is 278 g/mol. The standard InChI is InChI=1S/C17H13N3S/c18-10-14-8-4-5-9-15(14)19-11-17-20-16(12-21-17)13-6-2-1-3-7-13/h1-9,12,19H,11H2. The van der Waals surface area contributed by atoms with E-state index in [1.807, 2.05) is 36.4 Å². The van der Waals surface area contributed by atoms with Gasteiger partial charge in [0.15, 0.2) is 0 Å². The van der Waals surface area contributed by atoms with Crippen molar-refractivity contribution in [2.75, 3.05) is 5.32 Å². The number of rotatable bonds is 4. The molecule has 102 valence electrons. The van der Waals surface area contributed by atoms with E-state index in [4.69, 9.17) is 5.26 Å². The van der Waals surface area contributed by atoms with Crippen molar-refractivity contribution < 1.29 is 0 Å². The Balaban J connectivity index is 1.72. The third-order valence-corrected chi connectivity index (χ3v) is 3.95. The number of para-hydroxylation sites is 1. The zero-order chi connectivity index (χ0) is 14.5. The molecule has 0 atom stereocenters. The van der Waals surface area contributed by atoms with Crippen LogP contribution in [0.3, 0.4) is 0 Å². The van der Waals surface area contributed by atoms with Gasteiger partial charge < -0.3 is 5.32 Å². The average Bonchev–Trinajstić information content (AvgIpc) is 3.03. The highest BCUT2D eigenvalue weighted by molar-refractivity contribution is 7.09. The summed E-state index contributed by atoms with van der Waals surface area (Å²) >= 11 is 1.62. The summed E-state index contributed by atoms with van der Waals surface area (Å²) in [5.41, 5.74) is 3.61. The fourth-order valence-electron chi connectivity index (χ4n) is 2.04. The molecule has 21 heavy (non-hydrogen) atoms. The summed E-state index contributed by atoms with van der Waals surface area (Å²) in [6.45, 7) is 0.621. The molecule has 0 fully saturated rings. The maximum atomic E-state index is 9.07. The lowest BCUT2D eigenvalue weighted by Gasteiger charge is -2.05. The minimum atomic E-state index is 0.621. The van der Waals surface area contributed by atoms with E-state index in [-0.39, 0.29) is 0 Å². The third-order valence-electron chi connectivity index (χ3n) is 3.10. The first-order chi connectivity index (χ1) is 10.4. The summed E-state index contributed by atoms with van der Waals surface area (Å²) in [6.07, 6.45) is 0. The van der Waals surface area contributed by atoms with E-state index in [0.717, 1.165) is 22.0 Å². The number of hydrogen-bond donors (Lipinski definition) is 1. The predicted molar refractivity (Wildman–Crippen MR) is 86.0 cm³/mol. The van der Waals surface area contributed by atoms with Gasteiger partial charge in [0.1, 0.15) is 11.1 Å². The predicted octanol–water partition coefficient (Wildman–Crippen LogP) is 4.29. The molecule has 3 nitrogen and oxygen atoms in total. The molecule has 0 radical (unpaired) electrons. The number of aromatic nitrogens is 1. The van der Waals surface area contributed by atoms with E-state index in [0.29, 0.717) is 12.1 Å². The molecule has 1 aromatic heterocycles. The van der Waals surface area contributed by atoms with E-state index >= 15 is 0 Å². The number of hydrogen-bond acceptors (Lipinski definition) is 4. The molecule has 0 unspecified atom stereocenters. The molecular formula is C17H13N3S. The Morgan fingerprint density at radius 2 is 1.81 bits per heavy atom. The summed E-state index contributed by atoms with van der Waals surface area (Å²) in [4.78, 5) is 4.62. The van der Waals surface area contributed by atoms with Crippen LogP contribution in [0.15, 0.2) is 60.0 Å². The van der Waals surface area contributed by atoms with Crippen LogP contribution in [0, 0.1) is 11.3 Å². The molecule has 1 heterocycles. The van der Waals surface area contributed by atoms with Gasteiger partial charge in [-0.2, -0.15) is 5.26 Å². The van der Waals surface area contributed by atoms with Gasteiger partial charge in [-0.25, -0.2) is 4.98 Å². The lowest BCUT2D eigenvalue weighted by molar-refractivity contribution is 1.10. The van der Waals surface area contributed by atoms with E-state index in [1.165, 1.54) is 0 Å². The van der Waals surface area contributed by atoms with Crippen LogP contribution in [0.1, 0.15) is 10.6 Å². The summed E-state index contributed by atoms with van der Waals surface area (Å²) in [7, 11) is 0. The fraction of sp³-hybridized carbons (Fsp3) is 0.0588. The highest BCUT2D eigenvalue weighted by atomic mass is 32.1. The van der Waals surface area contributed by atoms with E-state index < -0.39 is 0 Å². The van der Waals surface area contributed by atoms with Crippen LogP contribution >= 0.6 is 11.3 Å². The zero-order valence-corrected chi connectivity index (χ0v) is 12.1. The molecule has 3 rings (SSSR count). The number of nitrogens with zero attached hydrogens (tertiary/aromatic N) is 2. The highest BCUT2D eigenvalue weighted by Gasteiger charge is 2.05. The van der Waals surface area contributed by atoms with Crippen molar-refractivity contribution in [3.8, 4) is 17.3 Å². The Bertz CT molecular complexity index is 772. The van der Waals surface area contributed by atoms with Crippen molar-refractivity contribution in [1.82, 2.24) is 4.98 Å². The van der Waals surface area contributed by atoms with Gasteiger partial charge in [0.2, 0.25) is 0 Å². The third kappa shape index (κ3) is 3.10. The Morgan fingerprint density at radius 1 is 1.05 bits per heavy atom.